The minimum absolute atomic E-state index is 0.0881. The summed E-state index contributed by atoms with van der Waals surface area (Å²) < 4.78 is 47.7. The van der Waals surface area contributed by atoms with Gasteiger partial charge in [0.05, 0.1) is 24.9 Å². The highest BCUT2D eigenvalue weighted by molar-refractivity contribution is 6.99. The molecule has 1 saturated carbocycles. The molecule has 10 heteroatoms. The summed E-state index contributed by atoms with van der Waals surface area (Å²) >= 11 is 0. The van der Waals surface area contributed by atoms with Crippen molar-refractivity contribution in [3.8, 4) is 0 Å². The molecule has 1 fully saturated rings. The minimum Gasteiger partial charge on any atom is -0.466 e. The monoisotopic (exact) mass is 754 g/mol. The predicted molar refractivity (Wildman–Crippen MR) is 210 cm³/mol. The van der Waals surface area contributed by atoms with Crippen molar-refractivity contribution >= 4 is 24.7 Å². The van der Waals surface area contributed by atoms with Gasteiger partial charge >= 0.3 is 5.97 Å². The highest BCUT2D eigenvalue weighted by atomic mass is 28.4. The first kappa shape index (κ1) is 43.3. The average molecular weight is 755 g/mol. The second kappa shape index (κ2) is 21.6. The van der Waals surface area contributed by atoms with Crippen LogP contribution in [-0.2, 0) is 42.4 Å². The van der Waals surface area contributed by atoms with E-state index in [-0.39, 0.29) is 67.5 Å². The van der Waals surface area contributed by atoms with Crippen LogP contribution in [0, 0.1) is 29.6 Å². The molecule has 0 heterocycles. The normalized spacial score (nSPS) is 24.2. The first-order valence-corrected chi connectivity index (χ1v) is 21.4. The van der Waals surface area contributed by atoms with Crippen LogP contribution in [0.25, 0.3) is 0 Å². The minimum atomic E-state index is -2.71. The Labute approximate surface area is 320 Å². The smallest absolute Gasteiger partial charge is 0.305 e. The van der Waals surface area contributed by atoms with Gasteiger partial charge in [-0.15, -0.1) is 0 Å². The lowest BCUT2D eigenvalue weighted by molar-refractivity contribution is -0.143. The lowest BCUT2D eigenvalue weighted by atomic mass is 9.68. The molecule has 4 rings (SSSR count). The standard InChI is InChI=1S/C43H66O9Si/c1-9-48-41(44)23-22-38-33(20-21-39-40(38)26-32(2)42(39)51-31-47-8)27-35(50-30-46-7)28-34(49-29-45-6)24-25-52-53(43(3,4)5,36-16-12-10-13-17-36)37-18-14-11-15-19-37/h10-21,32-35,38-40,42H,9,22-31H2,1-8H3/t32-,33+,34-,35+,38-,39-,40+,42-/m0/s1. The van der Waals surface area contributed by atoms with Gasteiger partial charge in [0.2, 0.25) is 0 Å². The third-order valence-electron chi connectivity index (χ3n) is 11.2. The molecule has 0 aliphatic heterocycles. The van der Waals surface area contributed by atoms with Crippen LogP contribution in [0.3, 0.4) is 0 Å². The quantitative estimate of drug-likeness (QED) is 0.0510. The zero-order valence-electron chi connectivity index (χ0n) is 33.5. The highest BCUT2D eigenvalue weighted by Gasteiger charge is 2.50. The molecule has 0 N–H and O–H groups in total. The second-order valence-corrected chi connectivity index (χ2v) is 20.0. The fourth-order valence-corrected chi connectivity index (χ4v) is 13.5. The average Bonchev–Trinajstić information content (AvgIpc) is 3.47. The van der Waals surface area contributed by atoms with E-state index >= 15 is 0 Å². The van der Waals surface area contributed by atoms with Crippen LogP contribution >= 0.6 is 0 Å². The van der Waals surface area contributed by atoms with E-state index in [1.807, 2.05) is 6.92 Å². The van der Waals surface area contributed by atoms with E-state index in [1.165, 1.54) is 10.4 Å². The molecule has 9 nitrogen and oxygen atoms in total. The molecule has 2 aromatic carbocycles. The van der Waals surface area contributed by atoms with E-state index in [4.69, 9.17) is 37.6 Å². The maximum Gasteiger partial charge on any atom is 0.305 e. The zero-order valence-corrected chi connectivity index (χ0v) is 34.5. The number of carbonyl (C=O) groups is 1. The highest BCUT2D eigenvalue weighted by Crippen LogP contribution is 2.51. The first-order chi connectivity index (χ1) is 25.6. The summed E-state index contributed by atoms with van der Waals surface area (Å²) in [4.78, 5) is 12.6. The van der Waals surface area contributed by atoms with E-state index in [2.05, 4.69) is 101 Å². The number of rotatable bonds is 23. The summed E-state index contributed by atoms with van der Waals surface area (Å²) in [6.45, 7) is 12.6. The molecule has 0 unspecified atom stereocenters. The fourth-order valence-electron chi connectivity index (χ4n) is 8.94. The van der Waals surface area contributed by atoms with E-state index in [9.17, 15) is 4.79 Å². The molecular formula is C43H66O9Si. The van der Waals surface area contributed by atoms with E-state index < -0.39 is 8.32 Å². The van der Waals surface area contributed by atoms with Crippen molar-refractivity contribution in [1.82, 2.24) is 0 Å². The lowest BCUT2D eigenvalue weighted by Gasteiger charge is -2.43. The van der Waals surface area contributed by atoms with Gasteiger partial charge in [-0.05, 0) is 71.7 Å². The van der Waals surface area contributed by atoms with Gasteiger partial charge in [0.1, 0.15) is 20.4 Å². The molecule has 2 aliphatic carbocycles. The van der Waals surface area contributed by atoms with Crippen LogP contribution in [0.5, 0.6) is 0 Å². The molecule has 8 atom stereocenters. The van der Waals surface area contributed by atoms with Gasteiger partial charge in [-0.3, -0.25) is 4.79 Å². The number of hydrogen-bond donors (Lipinski definition) is 0. The Morgan fingerprint density at radius 2 is 1.45 bits per heavy atom. The van der Waals surface area contributed by atoms with Crippen molar-refractivity contribution in [1.29, 1.82) is 0 Å². The van der Waals surface area contributed by atoms with Gasteiger partial charge in [0, 0.05) is 46.7 Å². The maximum atomic E-state index is 12.6. The summed E-state index contributed by atoms with van der Waals surface area (Å²) in [6, 6.07) is 21.4. The molecule has 0 radical (unpaired) electrons. The molecular weight excluding hydrogens is 689 g/mol. The van der Waals surface area contributed by atoms with Crippen LogP contribution < -0.4 is 10.4 Å². The summed E-state index contributed by atoms with van der Waals surface area (Å²) in [5.41, 5.74) is 0. The Morgan fingerprint density at radius 1 is 0.849 bits per heavy atom. The van der Waals surface area contributed by atoms with Crippen LogP contribution in [0.4, 0.5) is 0 Å². The molecule has 0 saturated heterocycles. The molecule has 0 spiro atoms. The van der Waals surface area contributed by atoms with Crippen LogP contribution in [0.2, 0.25) is 5.04 Å². The Bertz CT molecular complexity index is 1310. The van der Waals surface area contributed by atoms with Crippen LogP contribution in [-0.4, -0.2) is 87.5 Å². The SMILES string of the molecule is CCOC(=O)CC[C@@H]1[C@H]2C[C@H](C)[C@H](OCOC)[C@H]2C=C[C@@H]1C[C@H](C[C@H](CCO[Si](c1ccccc1)(c1ccccc1)C(C)(C)C)OCOC)OCOC. The van der Waals surface area contributed by atoms with E-state index in [1.54, 1.807) is 21.3 Å². The molecule has 0 aromatic heterocycles. The number of ether oxygens (including phenoxy) is 7. The maximum absolute atomic E-state index is 12.6. The number of fused-ring (bicyclic) bond motifs is 1. The van der Waals surface area contributed by atoms with E-state index in [0.717, 1.165) is 19.3 Å². The summed E-state index contributed by atoms with van der Waals surface area (Å²) in [7, 11) is 2.26. The summed E-state index contributed by atoms with van der Waals surface area (Å²) in [5, 5.41) is 2.38. The number of carbonyl (C=O) groups excluding carboxylic acids is 1. The summed E-state index contributed by atoms with van der Waals surface area (Å²) in [5.74, 6) is 1.39. The molecule has 2 aliphatic rings. The predicted octanol–water partition coefficient (Wildman–Crippen LogP) is 7.12. The van der Waals surface area contributed by atoms with Crippen molar-refractivity contribution < 1.29 is 42.4 Å². The van der Waals surface area contributed by atoms with Crippen LogP contribution in [0.1, 0.15) is 73.1 Å². The molecule has 53 heavy (non-hydrogen) atoms. The van der Waals surface area contributed by atoms with Crippen molar-refractivity contribution in [2.24, 2.45) is 29.6 Å². The number of esters is 1. The third kappa shape index (κ3) is 11.6. The Hall–Kier alpha value is -2.41. The molecule has 2 aromatic rings. The zero-order chi connectivity index (χ0) is 38.3. The Balaban J connectivity index is 1.56. The lowest BCUT2D eigenvalue weighted by Crippen LogP contribution is -2.66. The number of hydrogen-bond acceptors (Lipinski definition) is 9. The van der Waals surface area contributed by atoms with Crippen molar-refractivity contribution in [3.63, 3.8) is 0 Å². The Morgan fingerprint density at radius 3 is 2.02 bits per heavy atom. The number of allylic oxidation sites excluding steroid dienone is 1. The molecule has 0 amide bonds. The van der Waals surface area contributed by atoms with Crippen molar-refractivity contribution in [2.45, 2.75) is 96.5 Å². The van der Waals surface area contributed by atoms with Crippen molar-refractivity contribution in [3.05, 3.63) is 72.8 Å². The second-order valence-electron chi connectivity index (χ2n) is 15.7. The summed E-state index contributed by atoms with van der Waals surface area (Å²) in [6.07, 6.45) is 8.75. The number of methoxy groups -OCH3 is 3. The van der Waals surface area contributed by atoms with Crippen molar-refractivity contribution in [2.75, 3.05) is 54.9 Å². The topological polar surface area (TPSA) is 90.9 Å². The molecule has 0 bridgehead atoms. The first-order valence-electron chi connectivity index (χ1n) is 19.5. The number of benzene rings is 2. The fraction of sp³-hybridized carbons (Fsp3) is 0.651. The Kier molecular flexibility index (Phi) is 17.7. The van der Waals surface area contributed by atoms with Gasteiger partial charge in [0.25, 0.3) is 8.32 Å². The largest absolute Gasteiger partial charge is 0.466 e. The van der Waals surface area contributed by atoms with Gasteiger partial charge in [-0.1, -0.05) is 101 Å². The van der Waals surface area contributed by atoms with Gasteiger partial charge < -0.3 is 37.6 Å². The van der Waals surface area contributed by atoms with Gasteiger partial charge in [-0.2, -0.15) is 0 Å². The van der Waals surface area contributed by atoms with Crippen LogP contribution in [0.15, 0.2) is 72.8 Å². The van der Waals surface area contributed by atoms with Gasteiger partial charge in [0.15, 0.2) is 0 Å². The third-order valence-corrected chi connectivity index (χ3v) is 16.2. The molecule has 296 valence electrons. The van der Waals surface area contributed by atoms with Gasteiger partial charge in [-0.25, -0.2) is 0 Å². The van der Waals surface area contributed by atoms with E-state index in [0.29, 0.717) is 44.3 Å².